The first-order valence-electron chi connectivity index (χ1n) is 10.2. The topological polar surface area (TPSA) is 70.6 Å². The summed E-state index contributed by atoms with van der Waals surface area (Å²) in [5.74, 6) is 1.36. The second kappa shape index (κ2) is 7.97. The predicted octanol–water partition coefficient (Wildman–Crippen LogP) is 3.23. The zero-order valence-electron chi connectivity index (χ0n) is 15.3. The smallest absolute Gasteiger partial charge is 0.224 e. The van der Waals surface area contributed by atoms with Crippen molar-refractivity contribution in [3.8, 4) is 5.75 Å². The van der Waals surface area contributed by atoms with Crippen LogP contribution in [0.4, 0.5) is 5.69 Å². The Balaban J connectivity index is 1.26. The molecule has 4 rings (SSSR count). The summed E-state index contributed by atoms with van der Waals surface area (Å²) in [5.41, 5.74) is 0.809. The number of aliphatic hydroxyl groups is 1. The highest BCUT2D eigenvalue weighted by molar-refractivity contribution is 5.90. The van der Waals surface area contributed by atoms with Gasteiger partial charge in [0.15, 0.2) is 0 Å². The predicted molar refractivity (Wildman–Crippen MR) is 101 cm³/mol. The average molecular weight is 358 g/mol. The number of fused-ring (bicyclic) bond motifs is 2. The first-order valence-corrected chi connectivity index (χ1v) is 10.2. The molecule has 2 bridgehead atoms. The minimum absolute atomic E-state index is 0.104. The third kappa shape index (κ3) is 4.38. The second-order valence-corrected chi connectivity index (χ2v) is 8.26. The number of carbonyl (C=O) groups is 1. The van der Waals surface area contributed by atoms with Gasteiger partial charge in [0.25, 0.3) is 0 Å². The van der Waals surface area contributed by atoms with Crippen molar-refractivity contribution in [1.29, 1.82) is 0 Å². The Bertz CT molecular complexity index is 606. The molecule has 26 heavy (non-hydrogen) atoms. The number of ether oxygens (including phenoxy) is 1. The van der Waals surface area contributed by atoms with E-state index in [0.29, 0.717) is 24.4 Å². The number of benzene rings is 1. The van der Waals surface area contributed by atoms with Crippen molar-refractivity contribution in [3.05, 3.63) is 24.3 Å². The molecule has 4 atom stereocenters. The molecular formula is C21H30N2O3. The number of amides is 1. The molecule has 3 aliphatic rings. The van der Waals surface area contributed by atoms with E-state index >= 15 is 0 Å². The molecule has 1 aromatic rings. The number of nitrogens with one attached hydrogen (secondary N) is 2. The number of aliphatic hydroxyl groups excluding tert-OH is 1. The van der Waals surface area contributed by atoms with Crippen LogP contribution in [0.5, 0.6) is 5.75 Å². The van der Waals surface area contributed by atoms with Crippen molar-refractivity contribution in [1.82, 2.24) is 5.32 Å². The first kappa shape index (κ1) is 17.8. The van der Waals surface area contributed by atoms with E-state index in [9.17, 15) is 9.90 Å². The van der Waals surface area contributed by atoms with Gasteiger partial charge >= 0.3 is 0 Å². The molecule has 3 fully saturated rings. The molecule has 4 unspecified atom stereocenters. The van der Waals surface area contributed by atoms with Crippen molar-refractivity contribution >= 4 is 11.6 Å². The monoisotopic (exact) mass is 358 g/mol. The highest BCUT2D eigenvalue weighted by Crippen LogP contribution is 2.33. The molecule has 2 saturated heterocycles. The van der Waals surface area contributed by atoms with E-state index in [2.05, 4.69) is 10.6 Å². The number of carbonyl (C=O) groups excluding carboxylic acids is 1. The van der Waals surface area contributed by atoms with Crippen LogP contribution >= 0.6 is 0 Å². The molecule has 5 heteroatoms. The van der Waals surface area contributed by atoms with E-state index in [1.54, 1.807) is 0 Å². The third-order valence-electron chi connectivity index (χ3n) is 6.14. The Kier molecular flexibility index (Phi) is 5.46. The quantitative estimate of drug-likeness (QED) is 0.756. The van der Waals surface area contributed by atoms with Crippen molar-refractivity contribution in [2.24, 2.45) is 5.92 Å². The lowest BCUT2D eigenvalue weighted by Gasteiger charge is -2.28. The summed E-state index contributed by atoms with van der Waals surface area (Å²) in [5, 5.41) is 16.7. The highest BCUT2D eigenvalue weighted by atomic mass is 16.5. The van der Waals surface area contributed by atoms with Crippen LogP contribution in [0.2, 0.25) is 0 Å². The molecular weight excluding hydrogens is 328 g/mol. The highest BCUT2D eigenvalue weighted by Gasteiger charge is 2.34. The Hall–Kier alpha value is -1.59. The van der Waals surface area contributed by atoms with Gasteiger partial charge in [0.1, 0.15) is 11.9 Å². The van der Waals surface area contributed by atoms with E-state index in [-0.39, 0.29) is 18.1 Å². The molecule has 1 aliphatic carbocycles. The van der Waals surface area contributed by atoms with Gasteiger partial charge < -0.3 is 20.5 Å². The summed E-state index contributed by atoms with van der Waals surface area (Å²) in [7, 11) is 0. The average Bonchev–Trinajstić information content (AvgIpc) is 2.97. The maximum Gasteiger partial charge on any atom is 0.224 e. The number of hydrogen-bond donors (Lipinski definition) is 3. The lowest BCUT2D eigenvalue weighted by molar-refractivity contribution is -0.117. The number of hydrogen-bond acceptors (Lipinski definition) is 4. The molecule has 1 amide bonds. The summed E-state index contributed by atoms with van der Waals surface area (Å²) in [6.07, 6.45) is 8.80. The molecule has 2 heterocycles. The maximum absolute atomic E-state index is 12.4. The summed E-state index contributed by atoms with van der Waals surface area (Å²) in [4.78, 5) is 12.4. The van der Waals surface area contributed by atoms with Crippen LogP contribution in [-0.4, -0.2) is 35.3 Å². The molecule has 142 valence electrons. The Morgan fingerprint density at radius 1 is 1.08 bits per heavy atom. The summed E-state index contributed by atoms with van der Waals surface area (Å²) in [6, 6.07) is 8.77. The number of piperidine rings is 1. The van der Waals surface area contributed by atoms with Gasteiger partial charge in [-0.05, 0) is 75.1 Å². The van der Waals surface area contributed by atoms with E-state index in [4.69, 9.17) is 4.74 Å². The Labute approximate surface area is 155 Å². The zero-order valence-corrected chi connectivity index (χ0v) is 15.3. The molecule has 1 aromatic carbocycles. The van der Waals surface area contributed by atoms with Gasteiger partial charge in [-0.2, -0.15) is 0 Å². The number of anilines is 1. The fraction of sp³-hybridized carbons (Fsp3) is 0.667. The van der Waals surface area contributed by atoms with Gasteiger partial charge in [-0.15, -0.1) is 0 Å². The SMILES string of the molecule is O=C(CC1CC2CCC(C1)N2)Nc1ccc(OC2CCCCC2O)cc1. The molecule has 0 spiro atoms. The summed E-state index contributed by atoms with van der Waals surface area (Å²) >= 11 is 0. The Morgan fingerprint density at radius 2 is 1.77 bits per heavy atom. The van der Waals surface area contributed by atoms with Gasteiger partial charge in [-0.25, -0.2) is 0 Å². The molecule has 0 aromatic heterocycles. The standard InChI is InChI=1S/C21H30N2O3/c24-19-3-1-2-4-20(19)26-18-9-7-15(8-10-18)23-21(25)13-14-11-16-5-6-17(12-14)22-16/h7-10,14,16-17,19-20,22,24H,1-6,11-13H2,(H,23,25). The maximum atomic E-state index is 12.4. The minimum atomic E-state index is -0.372. The van der Waals surface area contributed by atoms with Crippen LogP contribution in [0.1, 0.15) is 57.8 Å². The van der Waals surface area contributed by atoms with Gasteiger partial charge in [-0.1, -0.05) is 6.42 Å². The fourth-order valence-electron chi connectivity index (χ4n) is 4.82. The molecule has 1 saturated carbocycles. The van der Waals surface area contributed by atoms with Crippen molar-refractivity contribution < 1.29 is 14.6 Å². The molecule has 5 nitrogen and oxygen atoms in total. The lowest BCUT2D eigenvalue weighted by atomic mass is 9.89. The molecule has 3 N–H and O–H groups in total. The second-order valence-electron chi connectivity index (χ2n) is 8.26. The van der Waals surface area contributed by atoms with Crippen molar-refractivity contribution in [2.75, 3.05) is 5.32 Å². The number of rotatable bonds is 5. The minimum Gasteiger partial charge on any atom is -0.488 e. The van der Waals surface area contributed by atoms with E-state index in [0.717, 1.165) is 50.0 Å². The Morgan fingerprint density at radius 3 is 2.46 bits per heavy atom. The van der Waals surface area contributed by atoms with Crippen molar-refractivity contribution in [3.63, 3.8) is 0 Å². The van der Waals surface area contributed by atoms with E-state index in [1.807, 2.05) is 24.3 Å². The van der Waals surface area contributed by atoms with Crippen LogP contribution in [0, 0.1) is 5.92 Å². The van der Waals surface area contributed by atoms with Crippen LogP contribution in [0.3, 0.4) is 0 Å². The van der Waals surface area contributed by atoms with Crippen LogP contribution in [0.25, 0.3) is 0 Å². The lowest BCUT2D eigenvalue weighted by Crippen LogP contribution is -2.39. The van der Waals surface area contributed by atoms with Crippen molar-refractivity contribution in [2.45, 2.75) is 82.1 Å². The van der Waals surface area contributed by atoms with E-state index in [1.165, 1.54) is 12.8 Å². The van der Waals surface area contributed by atoms with Crippen LogP contribution in [0.15, 0.2) is 24.3 Å². The summed E-state index contributed by atoms with van der Waals surface area (Å²) in [6.45, 7) is 0. The largest absolute Gasteiger partial charge is 0.488 e. The first-order chi connectivity index (χ1) is 12.7. The normalized spacial score (nSPS) is 33.7. The third-order valence-corrected chi connectivity index (χ3v) is 6.14. The zero-order chi connectivity index (χ0) is 17.9. The fourth-order valence-corrected chi connectivity index (χ4v) is 4.82. The van der Waals surface area contributed by atoms with Gasteiger partial charge in [0.2, 0.25) is 5.91 Å². The van der Waals surface area contributed by atoms with Crippen LogP contribution in [-0.2, 0) is 4.79 Å². The molecule has 0 radical (unpaired) electrons. The summed E-state index contributed by atoms with van der Waals surface area (Å²) < 4.78 is 5.91. The van der Waals surface area contributed by atoms with Gasteiger partial charge in [0.05, 0.1) is 6.10 Å². The van der Waals surface area contributed by atoms with Gasteiger partial charge in [-0.3, -0.25) is 4.79 Å². The molecule has 2 aliphatic heterocycles. The van der Waals surface area contributed by atoms with Crippen LogP contribution < -0.4 is 15.4 Å². The van der Waals surface area contributed by atoms with Gasteiger partial charge in [0, 0.05) is 24.2 Å². The van der Waals surface area contributed by atoms with E-state index < -0.39 is 0 Å².